The summed E-state index contributed by atoms with van der Waals surface area (Å²) in [6.45, 7) is 0. The molecule has 4 rings (SSSR count). The second-order valence-electron chi connectivity index (χ2n) is 5.29. The van der Waals surface area contributed by atoms with E-state index in [1.165, 1.54) is 47.2 Å². The molecular formula is C18H16Se. The van der Waals surface area contributed by atoms with Crippen molar-refractivity contribution in [3.63, 3.8) is 0 Å². The van der Waals surface area contributed by atoms with Crippen LogP contribution >= 0.6 is 0 Å². The minimum Gasteiger partial charge on any atom is -0.0616 e. The SMILES string of the molecule is [Se].c1ccc2c(c1)ccc1c3c(ccc12)CCCC3. The molecule has 0 unspecified atom stereocenters. The third-order valence-electron chi connectivity index (χ3n) is 4.26. The topological polar surface area (TPSA) is 0 Å². The first-order valence-electron chi connectivity index (χ1n) is 6.86. The molecular weight excluding hydrogens is 295 g/mol. The summed E-state index contributed by atoms with van der Waals surface area (Å²) in [5.74, 6) is 0. The quantitative estimate of drug-likeness (QED) is 0.424. The predicted molar refractivity (Wildman–Crippen MR) is 83.9 cm³/mol. The minimum atomic E-state index is 0. The molecule has 0 fully saturated rings. The van der Waals surface area contributed by atoms with Crippen molar-refractivity contribution in [3.05, 3.63) is 59.7 Å². The van der Waals surface area contributed by atoms with Crippen LogP contribution in [0, 0.1) is 0 Å². The molecule has 1 aliphatic rings. The molecule has 0 bridgehead atoms. The molecule has 1 aliphatic carbocycles. The molecule has 0 aromatic heterocycles. The Labute approximate surface area is 124 Å². The molecule has 3 aromatic rings. The maximum Gasteiger partial charge on any atom is 0 e. The second kappa shape index (κ2) is 5.00. The fraction of sp³-hybridized carbons (Fsp3) is 0.222. The van der Waals surface area contributed by atoms with Crippen molar-refractivity contribution in [1.29, 1.82) is 0 Å². The zero-order valence-corrected chi connectivity index (χ0v) is 12.6. The number of rotatable bonds is 0. The van der Waals surface area contributed by atoms with E-state index in [9.17, 15) is 0 Å². The number of aryl methyl sites for hydroxylation is 2. The molecule has 0 spiro atoms. The Hall–Kier alpha value is -1.30. The first-order chi connectivity index (χ1) is 8.93. The van der Waals surface area contributed by atoms with Crippen LogP contribution in [0.4, 0.5) is 0 Å². The Kier molecular flexibility index (Phi) is 3.35. The van der Waals surface area contributed by atoms with Gasteiger partial charge in [0.15, 0.2) is 0 Å². The number of hydrogen-bond donors (Lipinski definition) is 0. The van der Waals surface area contributed by atoms with Crippen molar-refractivity contribution < 1.29 is 0 Å². The van der Waals surface area contributed by atoms with E-state index in [2.05, 4.69) is 48.5 Å². The normalized spacial score (nSPS) is 14.1. The molecule has 0 nitrogen and oxygen atoms in total. The molecule has 0 N–H and O–H groups in total. The largest absolute Gasteiger partial charge is 0.0616 e. The van der Waals surface area contributed by atoms with Gasteiger partial charge in [-0.1, -0.05) is 48.5 Å². The van der Waals surface area contributed by atoms with Crippen molar-refractivity contribution in [3.8, 4) is 0 Å². The van der Waals surface area contributed by atoms with Crippen LogP contribution in [-0.4, -0.2) is 17.1 Å². The van der Waals surface area contributed by atoms with Gasteiger partial charge in [0.25, 0.3) is 0 Å². The molecule has 94 valence electrons. The van der Waals surface area contributed by atoms with Gasteiger partial charge in [0.1, 0.15) is 0 Å². The van der Waals surface area contributed by atoms with Crippen molar-refractivity contribution in [2.45, 2.75) is 25.7 Å². The molecule has 0 atom stereocenters. The van der Waals surface area contributed by atoms with E-state index >= 15 is 0 Å². The Bertz CT molecular complexity index is 743. The van der Waals surface area contributed by atoms with Crippen LogP contribution in [0.25, 0.3) is 21.5 Å². The van der Waals surface area contributed by atoms with Crippen LogP contribution in [0.15, 0.2) is 48.5 Å². The molecule has 3 aromatic carbocycles. The van der Waals surface area contributed by atoms with Gasteiger partial charge in [0.05, 0.1) is 0 Å². The number of fused-ring (bicyclic) bond motifs is 5. The van der Waals surface area contributed by atoms with E-state index in [4.69, 9.17) is 0 Å². The van der Waals surface area contributed by atoms with Crippen LogP contribution < -0.4 is 0 Å². The van der Waals surface area contributed by atoms with Gasteiger partial charge in [-0.05, 0) is 58.4 Å². The molecule has 0 aliphatic heterocycles. The first kappa shape index (κ1) is 12.7. The molecule has 19 heavy (non-hydrogen) atoms. The van der Waals surface area contributed by atoms with Gasteiger partial charge >= 0.3 is 0 Å². The summed E-state index contributed by atoms with van der Waals surface area (Å²) in [5.41, 5.74) is 3.17. The Balaban J connectivity index is 0.00000110. The summed E-state index contributed by atoms with van der Waals surface area (Å²) < 4.78 is 0. The molecule has 0 saturated carbocycles. The molecule has 0 amide bonds. The van der Waals surface area contributed by atoms with Crippen molar-refractivity contribution in [2.75, 3.05) is 0 Å². The smallest absolute Gasteiger partial charge is 0 e. The van der Waals surface area contributed by atoms with E-state index in [0.29, 0.717) is 0 Å². The summed E-state index contributed by atoms with van der Waals surface area (Å²) in [4.78, 5) is 0. The maximum absolute atomic E-state index is 2.35. The molecule has 0 saturated heterocycles. The van der Waals surface area contributed by atoms with Crippen LogP contribution in [0.5, 0.6) is 0 Å². The Morgan fingerprint density at radius 3 is 2.37 bits per heavy atom. The fourth-order valence-corrected chi connectivity index (χ4v) is 3.34. The zero-order chi connectivity index (χ0) is 11.9. The molecule has 0 heterocycles. The summed E-state index contributed by atoms with van der Waals surface area (Å²) in [5, 5.41) is 5.64. The minimum absolute atomic E-state index is 0. The Morgan fingerprint density at radius 2 is 1.42 bits per heavy atom. The fourth-order valence-electron chi connectivity index (χ4n) is 3.34. The summed E-state index contributed by atoms with van der Waals surface area (Å²) in [6, 6.07) is 18.0. The molecule has 2 radical (unpaired) electrons. The zero-order valence-electron chi connectivity index (χ0n) is 10.9. The molecule has 1 heteroatoms. The summed E-state index contributed by atoms with van der Waals surface area (Å²) in [7, 11) is 0. The van der Waals surface area contributed by atoms with E-state index in [1.807, 2.05) is 0 Å². The van der Waals surface area contributed by atoms with Gasteiger partial charge in [0, 0.05) is 17.1 Å². The van der Waals surface area contributed by atoms with E-state index in [-0.39, 0.29) is 17.1 Å². The standard InChI is InChI=1S/C18H16.Se/c1-3-7-15-13(5-1)9-11-18-16-8-4-2-6-14(16)10-12-17(15)18;/h1,3,5,7,9-12H,2,4,6,8H2;. The summed E-state index contributed by atoms with van der Waals surface area (Å²) >= 11 is 0. The van der Waals surface area contributed by atoms with Crippen LogP contribution in [0.3, 0.4) is 0 Å². The van der Waals surface area contributed by atoms with E-state index < -0.39 is 0 Å². The van der Waals surface area contributed by atoms with Gasteiger partial charge < -0.3 is 0 Å². The second-order valence-corrected chi connectivity index (χ2v) is 5.29. The van der Waals surface area contributed by atoms with Crippen molar-refractivity contribution >= 4 is 38.6 Å². The van der Waals surface area contributed by atoms with E-state index in [0.717, 1.165) is 0 Å². The third kappa shape index (κ3) is 1.98. The Morgan fingerprint density at radius 1 is 0.632 bits per heavy atom. The van der Waals surface area contributed by atoms with E-state index in [1.54, 1.807) is 11.1 Å². The first-order valence-corrected chi connectivity index (χ1v) is 6.86. The van der Waals surface area contributed by atoms with Gasteiger partial charge in [-0.3, -0.25) is 0 Å². The van der Waals surface area contributed by atoms with Gasteiger partial charge in [-0.25, -0.2) is 0 Å². The predicted octanol–water partition coefficient (Wildman–Crippen LogP) is 4.49. The van der Waals surface area contributed by atoms with Crippen molar-refractivity contribution in [1.82, 2.24) is 0 Å². The third-order valence-corrected chi connectivity index (χ3v) is 4.26. The van der Waals surface area contributed by atoms with Crippen LogP contribution in [0.2, 0.25) is 0 Å². The van der Waals surface area contributed by atoms with Crippen LogP contribution in [0.1, 0.15) is 24.0 Å². The average molecular weight is 311 g/mol. The van der Waals surface area contributed by atoms with Crippen LogP contribution in [-0.2, 0) is 12.8 Å². The van der Waals surface area contributed by atoms with Crippen molar-refractivity contribution in [2.24, 2.45) is 0 Å². The summed E-state index contributed by atoms with van der Waals surface area (Å²) in [6.07, 6.45) is 5.22. The van der Waals surface area contributed by atoms with Gasteiger partial charge in [-0.15, -0.1) is 0 Å². The van der Waals surface area contributed by atoms with Gasteiger partial charge in [-0.2, -0.15) is 0 Å². The average Bonchev–Trinajstić information content (AvgIpc) is 2.46. The number of benzene rings is 3. The number of hydrogen-bond acceptors (Lipinski definition) is 0. The maximum atomic E-state index is 2.35. The van der Waals surface area contributed by atoms with Gasteiger partial charge in [0.2, 0.25) is 0 Å². The monoisotopic (exact) mass is 312 g/mol.